The van der Waals surface area contributed by atoms with Gasteiger partial charge < -0.3 is 24.4 Å². The van der Waals surface area contributed by atoms with Crippen LogP contribution in [0.15, 0.2) is 17.1 Å². The third-order valence-electron chi connectivity index (χ3n) is 4.49. The van der Waals surface area contributed by atoms with E-state index in [0.29, 0.717) is 23.8 Å². The lowest BCUT2D eigenvalue weighted by molar-refractivity contribution is 0.322. The predicted molar refractivity (Wildman–Crippen MR) is 114 cm³/mol. The van der Waals surface area contributed by atoms with E-state index in [1.54, 1.807) is 21.3 Å². The number of nitrogens with one attached hydrogen (secondary N) is 1. The van der Waals surface area contributed by atoms with Gasteiger partial charge in [-0.2, -0.15) is 11.8 Å². The Kier molecular flexibility index (Phi) is 7.95. The van der Waals surface area contributed by atoms with E-state index in [0.717, 1.165) is 43.3 Å². The van der Waals surface area contributed by atoms with Crippen LogP contribution in [0.5, 0.6) is 17.2 Å². The van der Waals surface area contributed by atoms with Crippen molar-refractivity contribution in [2.24, 2.45) is 4.99 Å². The largest absolute Gasteiger partial charge is 0.493 e. The normalized spacial score (nSPS) is 16.8. The van der Waals surface area contributed by atoms with Crippen LogP contribution in [-0.4, -0.2) is 68.9 Å². The van der Waals surface area contributed by atoms with E-state index in [1.807, 2.05) is 23.9 Å². The summed E-state index contributed by atoms with van der Waals surface area (Å²) in [6, 6.07) is 3.93. The van der Waals surface area contributed by atoms with Crippen LogP contribution in [0.4, 0.5) is 0 Å². The number of guanidine groups is 1. The quantitative estimate of drug-likeness (QED) is 0.566. The van der Waals surface area contributed by atoms with Crippen molar-refractivity contribution in [1.29, 1.82) is 0 Å². The smallest absolute Gasteiger partial charge is 0.203 e. The van der Waals surface area contributed by atoms with Crippen LogP contribution in [0, 0.1) is 0 Å². The number of ether oxygens (including phenoxy) is 3. The average molecular weight is 396 g/mol. The van der Waals surface area contributed by atoms with Crippen molar-refractivity contribution >= 4 is 17.7 Å². The molecule has 1 N–H and O–H groups in total. The van der Waals surface area contributed by atoms with Gasteiger partial charge in [-0.25, -0.2) is 0 Å². The molecule has 1 aromatic rings. The lowest BCUT2D eigenvalue weighted by atomic mass is 10.1. The van der Waals surface area contributed by atoms with Gasteiger partial charge in [0.25, 0.3) is 0 Å². The van der Waals surface area contributed by atoms with Gasteiger partial charge >= 0.3 is 0 Å². The molecule has 1 aromatic carbocycles. The summed E-state index contributed by atoms with van der Waals surface area (Å²) >= 11 is 2.03. The second-order valence-corrected chi connectivity index (χ2v) is 8.81. The zero-order valence-electron chi connectivity index (χ0n) is 17.4. The summed E-state index contributed by atoms with van der Waals surface area (Å²) < 4.78 is 16.7. The summed E-state index contributed by atoms with van der Waals surface area (Å²) in [5.74, 6) is 4.13. The van der Waals surface area contributed by atoms with E-state index in [4.69, 9.17) is 19.2 Å². The molecule has 2 rings (SSSR count). The molecular weight excluding hydrogens is 362 g/mol. The highest BCUT2D eigenvalue weighted by Gasteiger charge is 2.28. The van der Waals surface area contributed by atoms with Crippen LogP contribution in [0.3, 0.4) is 0 Å². The molecule has 1 aliphatic heterocycles. The highest BCUT2D eigenvalue weighted by atomic mass is 32.2. The fourth-order valence-corrected chi connectivity index (χ4v) is 4.38. The first kappa shape index (κ1) is 21.5. The van der Waals surface area contributed by atoms with Gasteiger partial charge in [0.05, 0.1) is 21.3 Å². The number of rotatable bonds is 7. The van der Waals surface area contributed by atoms with Crippen LogP contribution in [-0.2, 0) is 6.42 Å². The second-order valence-electron chi connectivity index (χ2n) is 7.01. The Balaban J connectivity index is 2.13. The maximum Gasteiger partial charge on any atom is 0.203 e. The van der Waals surface area contributed by atoms with E-state index < -0.39 is 0 Å². The first-order valence-corrected chi connectivity index (χ1v) is 10.4. The molecule has 7 heteroatoms. The number of nitrogens with zero attached hydrogens (tertiary/aromatic N) is 2. The van der Waals surface area contributed by atoms with Crippen molar-refractivity contribution in [2.45, 2.75) is 31.9 Å². The van der Waals surface area contributed by atoms with Gasteiger partial charge in [0.1, 0.15) is 0 Å². The van der Waals surface area contributed by atoms with Crippen LogP contribution in [0.2, 0.25) is 0 Å². The Labute approximate surface area is 167 Å². The van der Waals surface area contributed by atoms with Crippen molar-refractivity contribution in [1.82, 2.24) is 10.2 Å². The van der Waals surface area contributed by atoms with E-state index in [-0.39, 0.29) is 4.75 Å². The van der Waals surface area contributed by atoms with E-state index in [9.17, 15) is 0 Å². The molecule has 0 unspecified atom stereocenters. The molecule has 0 aromatic heterocycles. The number of aliphatic imine (C=N–C) groups is 1. The maximum atomic E-state index is 5.58. The molecule has 27 heavy (non-hydrogen) atoms. The van der Waals surface area contributed by atoms with Gasteiger partial charge in [0.15, 0.2) is 17.5 Å². The minimum atomic E-state index is 0.251. The van der Waals surface area contributed by atoms with E-state index in [2.05, 4.69) is 31.0 Å². The average Bonchev–Trinajstić information content (AvgIpc) is 2.65. The maximum absolute atomic E-state index is 5.58. The molecule has 0 bridgehead atoms. The molecule has 0 spiro atoms. The number of benzene rings is 1. The SMILES string of the molecule is CCNC(=NCCc1ccc(OC)c(OC)c1OC)N1CCSC(C)(C)C1. The third kappa shape index (κ3) is 5.61. The Hall–Kier alpha value is -1.76. The Bertz CT molecular complexity index is 650. The van der Waals surface area contributed by atoms with Crippen molar-refractivity contribution < 1.29 is 14.2 Å². The van der Waals surface area contributed by atoms with Crippen molar-refractivity contribution in [3.8, 4) is 17.2 Å². The molecule has 0 radical (unpaired) electrons. The van der Waals surface area contributed by atoms with E-state index >= 15 is 0 Å². The van der Waals surface area contributed by atoms with Crippen LogP contribution >= 0.6 is 11.8 Å². The highest BCUT2D eigenvalue weighted by Crippen LogP contribution is 2.39. The number of hydrogen-bond acceptors (Lipinski definition) is 5. The lowest BCUT2D eigenvalue weighted by Gasteiger charge is -2.39. The third-order valence-corrected chi connectivity index (χ3v) is 5.79. The molecule has 1 aliphatic rings. The van der Waals surface area contributed by atoms with Crippen LogP contribution < -0.4 is 19.5 Å². The zero-order valence-corrected chi connectivity index (χ0v) is 18.2. The standard InChI is InChI=1S/C20H33N3O3S/c1-7-21-19(23-12-13-27-20(2,3)14-23)22-11-10-15-8-9-16(24-4)18(26-6)17(15)25-5/h8-9H,7,10-14H2,1-6H3,(H,21,22). The van der Waals surface area contributed by atoms with Gasteiger partial charge in [0.2, 0.25) is 5.75 Å². The molecule has 6 nitrogen and oxygen atoms in total. The summed E-state index contributed by atoms with van der Waals surface area (Å²) in [6.07, 6.45) is 0.768. The minimum absolute atomic E-state index is 0.251. The zero-order chi connectivity index (χ0) is 19.9. The predicted octanol–water partition coefficient (Wildman–Crippen LogP) is 3.05. The summed E-state index contributed by atoms with van der Waals surface area (Å²) in [6.45, 7) is 10.3. The molecule has 1 saturated heterocycles. The lowest BCUT2D eigenvalue weighted by Crippen LogP contribution is -2.51. The van der Waals surface area contributed by atoms with Gasteiger partial charge in [-0.3, -0.25) is 4.99 Å². The molecule has 1 heterocycles. The Morgan fingerprint density at radius 3 is 2.52 bits per heavy atom. The van der Waals surface area contributed by atoms with Crippen LogP contribution in [0.1, 0.15) is 26.3 Å². The van der Waals surface area contributed by atoms with Crippen molar-refractivity contribution in [2.75, 3.05) is 53.3 Å². The summed E-state index contributed by atoms with van der Waals surface area (Å²) in [5, 5.41) is 3.44. The molecule has 1 fully saturated rings. The van der Waals surface area contributed by atoms with Crippen molar-refractivity contribution in [3.63, 3.8) is 0 Å². The monoisotopic (exact) mass is 395 g/mol. The fourth-order valence-electron chi connectivity index (χ4n) is 3.27. The summed E-state index contributed by atoms with van der Waals surface area (Å²) in [7, 11) is 4.91. The topological polar surface area (TPSA) is 55.3 Å². The van der Waals surface area contributed by atoms with Gasteiger partial charge in [0, 0.05) is 42.2 Å². The van der Waals surface area contributed by atoms with E-state index in [1.165, 1.54) is 0 Å². The van der Waals surface area contributed by atoms with Gasteiger partial charge in [-0.1, -0.05) is 6.07 Å². The minimum Gasteiger partial charge on any atom is -0.493 e. The Morgan fingerprint density at radius 2 is 1.93 bits per heavy atom. The molecule has 0 aliphatic carbocycles. The first-order chi connectivity index (χ1) is 13.0. The molecule has 0 saturated carbocycles. The number of methoxy groups -OCH3 is 3. The second kappa shape index (κ2) is 9.97. The molecule has 152 valence electrons. The first-order valence-electron chi connectivity index (χ1n) is 9.40. The van der Waals surface area contributed by atoms with Gasteiger partial charge in [-0.15, -0.1) is 0 Å². The highest BCUT2D eigenvalue weighted by molar-refractivity contribution is 8.00. The van der Waals surface area contributed by atoms with Gasteiger partial charge in [-0.05, 0) is 33.3 Å². The molecular formula is C20H33N3O3S. The number of thioether (sulfide) groups is 1. The summed E-state index contributed by atoms with van der Waals surface area (Å²) in [5.41, 5.74) is 1.06. The Morgan fingerprint density at radius 1 is 1.19 bits per heavy atom. The van der Waals surface area contributed by atoms with Crippen LogP contribution in [0.25, 0.3) is 0 Å². The molecule has 0 atom stereocenters. The summed E-state index contributed by atoms with van der Waals surface area (Å²) in [4.78, 5) is 7.23. The number of hydrogen-bond donors (Lipinski definition) is 1. The molecule has 0 amide bonds. The fraction of sp³-hybridized carbons (Fsp3) is 0.650. The van der Waals surface area contributed by atoms with Crippen molar-refractivity contribution in [3.05, 3.63) is 17.7 Å².